The lowest BCUT2D eigenvalue weighted by atomic mass is 10.00. The van der Waals surface area contributed by atoms with Gasteiger partial charge in [0, 0.05) is 12.3 Å². The molecular weight excluding hydrogens is 258 g/mol. The molecule has 1 aliphatic rings. The zero-order valence-electron chi connectivity index (χ0n) is 10.8. The summed E-state index contributed by atoms with van der Waals surface area (Å²) in [6.45, 7) is -0.0265. The Balaban J connectivity index is 2.01. The van der Waals surface area contributed by atoms with E-state index >= 15 is 0 Å². The van der Waals surface area contributed by atoms with Crippen molar-refractivity contribution in [3.8, 4) is 12.3 Å². The number of nitrogens with two attached hydrogens (primary N) is 1. The summed E-state index contributed by atoms with van der Waals surface area (Å²) >= 11 is 0. The van der Waals surface area contributed by atoms with Gasteiger partial charge in [-0.2, -0.15) is 0 Å². The molecule has 3 N–H and O–H groups in total. The van der Waals surface area contributed by atoms with E-state index < -0.39 is 0 Å². The summed E-state index contributed by atoms with van der Waals surface area (Å²) in [6, 6.07) is 0. The van der Waals surface area contributed by atoms with Crippen LogP contribution in [0, 0.1) is 18.3 Å². The van der Waals surface area contributed by atoms with Gasteiger partial charge in [0.25, 0.3) is 0 Å². The molecule has 0 radical (unpaired) electrons. The highest BCUT2D eigenvalue weighted by Gasteiger charge is 2.36. The average Bonchev–Trinajstić information content (AvgIpc) is 3.03. The molecule has 2 aromatic rings. The Morgan fingerprint density at radius 1 is 1.50 bits per heavy atom. The standard InChI is InChI=1S/C13H15N5O2/c1-2-3-8-4-9(5-19)20-13(8)18-7-17-10-11(14)15-6-16-12(10)18/h1,6-9,13,19H,3-5H2,(H2,14,15,16)/t8-,9+,13-/m1/s1. The van der Waals surface area contributed by atoms with Gasteiger partial charge in [-0.1, -0.05) is 0 Å². The lowest BCUT2D eigenvalue weighted by Gasteiger charge is -2.18. The number of rotatable bonds is 3. The second kappa shape index (κ2) is 5.07. The first-order valence-corrected chi connectivity index (χ1v) is 6.37. The smallest absolute Gasteiger partial charge is 0.167 e. The highest BCUT2D eigenvalue weighted by Crippen LogP contribution is 2.37. The predicted octanol–water partition coefficient (Wildman–Crippen LogP) is 0.328. The Labute approximate surface area is 115 Å². The lowest BCUT2D eigenvalue weighted by molar-refractivity contribution is -0.0306. The van der Waals surface area contributed by atoms with Crippen molar-refractivity contribution >= 4 is 17.0 Å². The van der Waals surface area contributed by atoms with E-state index in [1.165, 1.54) is 6.33 Å². The van der Waals surface area contributed by atoms with Crippen molar-refractivity contribution in [3.63, 3.8) is 0 Å². The van der Waals surface area contributed by atoms with E-state index in [4.69, 9.17) is 16.9 Å². The van der Waals surface area contributed by atoms with E-state index in [0.29, 0.717) is 29.8 Å². The SMILES string of the molecule is C#CC[C@@H]1C[C@@H](CO)O[C@H]1n1cnc2c(N)ncnc21. The second-order valence-electron chi connectivity index (χ2n) is 4.82. The summed E-state index contributed by atoms with van der Waals surface area (Å²) in [7, 11) is 0. The number of anilines is 1. The summed E-state index contributed by atoms with van der Waals surface area (Å²) < 4.78 is 7.65. The Hall–Kier alpha value is -2.17. The largest absolute Gasteiger partial charge is 0.394 e. The highest BCUT2D eigenvalue weighted by atomic mass is 16.5. The van der Waals surface area contributed by atoms with Crippen LogP contribution in [0.2, 0.25) is 0 Å². The number of terminal acetylenes is 1. The first kappa shape index (κ1) is 12.8. The van der Waals surface area contributed by atoms with Crippen molar-refractivity contribution < 1.29 is 9.84 Å². The second-order valence-corrected chi connectivity index (χ2v) is 4.82. The molecule has 0 amide bonds. The maximum Gasteiger partial charge on any atom is 0.167 e. The first-order chi connectivity index (χ1) is 9.74. The number of aliphatic hydroxyl groups is 1. The van der Waals surface area contributed by atoms with Crippen LogP contribution in [0.3, 0.4) is 0 Å². The molecule has 1 saturated heterocycles. The van der Waals surface area contributed by atoms with Gasteiger partial charge >= 0.3 is 0 Å². The van der Waals surface area contributed by atoms with Crippen LogP contribution in [-0.2, 0) is 4.74 Å². The van der Waals surface area contributed by atoms with Gasteiger partial charge in [0.05, 0.1) is 19.0 Å². The maximum atomic E-state index is 9.28. The zero-order valence-corrected chi connectivity index (χ0v) is 10.8. The number of ether oxygens (including phenoxy) is 1. The van der Waals surface area contributed by atoms with Crippen molar-refractivity contribution in [3.05, 3.63) is 12.7 Å². The molecular formula is C13H15N5O2. The van der Waals surface area contributed by atoms with Crippen molar-refractivity contribution in [2.75, 3.05) is 12.3 Å². The molecule has 1 fully saturated rings. The third kappa shape index (κ3) is 1.99. The number of imidazole rings is 1. The zero-order chi connectivity index (χ0) is 14.1. The quantitative estimate of drug-likeness (QED) is 0.782. The molecule has 104 valence electrons. The number of nitrogen functional groups attached to an aromatic ring is 1. The molecule has 7 heteroatoms. The molecule has 0 unspecified atom stereocenters. The van der Waals surface area contributed by atoms with Gasteiger partial charge in [-0.15, -0.1) is 12.3 Å². The van der Waals surface area contributed by atoms with Gasteiger partial charge in [0.1, 0.15) is 18.1 Å². The molecule has 3 heterocycles. The third-order valence-corrected chi connectivity index (χ3v) is 3.55. The Kier molecular flexibility index (Phi) is 3.26. The van der Waals surface area contributed by atoms with Crippen LogP contribution in [-0.4, -0.2) is 37.3 Å². The molecule has 0 saturated carbocycles. The van der Waals surface area contributed by atoms with Crippen LogP contribution in [0.25, 0.3) is 11.2 Å². The normalized spacial score (nSPS) is 25.9. The van der Waals surface area contributed by atoms with Gasteiger partial charge in [0.2, 0.25) is 0 Å². The minimum atomic E-state index is -0.289. The minimum absolute atomic E-state index is 0.0265. The van der Waals surface area contributed by atoms with E-state index in [1.54, 1.807) is 6.33 Å². The van der Waals surface area contributed by atoms with Crippen LogP contribution in [0.15, 0.2) is 12.7 Å². The van der Waals surface area contributed by atoms with Gasteiger partial charge in [-0.3, -0.25) is 4.57 Å². The van der Waals surface area contributed by atoms with Crippen LogP contribution < -0.4 is 5.73 Å². The van der Waals surface area contributed by atoms with E-state index in [2.05, 4.69) is 20.9 Å². The van der Waals surface area contributed by atoms with Crippen LogP contribution in [0.5, 0.6) is 0 Å². The summed E-state index contributed by atoms with van der Waals surface area (Å²) in [6.07, 6.45) is 9.21. The van der Waals surface area contributed by atoms with Gasteiger partial charge < -0.3 is 15.6 Å². The first-order valence-electron chi connectivity index (χ1n) is 6.37. The third-order valence-electron chi connectivity index (χ3n) is 3.55. The van der Waals surface area contributed by atoms with Gasteiger partial charge in [-0.05, 0) is 6.42 Å². The molecule has 3 atom stereocenters. The van der Waals surface area contributed by atoms with Crippen molar-refractivity contribution in [2.45, 2.75) is 25.2 Å². The van der Waals surface area contributed by atoms with E-state index in [0.717, 1.165) is 0 Å². The van der Waals surface area contributed by atoms with Gasteiger partial charge in [-0.25, -0.2) is 15.0 Å². The Morgan fingerprint density at radius 3 is 3.10 bits per heavy atom. The van der Waals surface area contributed by atoms with Crippen LogP contribution >= 0.6 is 0 Å². The monoisotopic (exact) mass is 273 g/mol. The number of aromatic nitrogens is 4. The predicted molar refractivity (Wildman–Crippen MR) is 72.3 cm³/mol. The molecule has 3 rings (SSSR count). The van der Waals surface area contributed by atoms with Crippen molar-refractivity contribution in [1.29, 1.82) is 0 Å². The molecule has 2 aromatic heterocycles. The number of nitrogens with zero attached hydrogens (tertiary/aromatic N) is 4. The summed E-state index contributed by atoms with van der Waals surface area (Å²) in [5.74, 6) is 3.10. The Bertz CT molecular complexity index is 662. The van der Waals surface area contributed by atoms with E-state index in [9.17, 15) is 5.11 Å². The number of hydrogen-bond acceptors (Lipinski definition) is 6. The van der Waals surface area contributed by atoms with E-state index in [-0.39, 0.29) is 24.9 Å². The van der Waals surface area contributed by atoms with Crippen molar-refractivity contribution in [2.24, 2.45) is 5.92 Å². The Morgan fingerprint density at radius 2 is 2.35 bits per heavy atom. The average molecular weight is 273 g/mol. The van der Waals surface area contributed by atoms with Crippen LogP contribution in [0.1, 0.15) is 19.1 Å². The molecule has 0 aromatic carbocycles. The summed E-state index contributed by atoms with van der Waals surface area (Å²) in [5.41, 5.74) is 6.93. The number of fused-ring (bicyclic) bond motifs is 1. The van der Waals surface area contributed by atoms with E-state index in [1.807, 2.05) is 4.57 Å². The fourth-order valence-corrected chi connectivity index (χ4v) is 2.62. The molecule has 0 spiro atoms. The maximum absolute atomic E-state index is 9.28. The summed E-state index contributed by atoms with van der Waals surface area (Å²) in [5, 5.41) is 9.28. The number of aliphatic hydroxyl groups excluding tert-OH is 1. The number of hydrogen-bond donors (Lipinski definition) is 2. The topological polar surface area (TPSA) is 99.1 Å². The summed E-state index contributed by atoms with van der Waals surface area (Å²) in [4.78, 5) is 12.3. The molecule has 0 bridgehead atoms. The fraction of sp³-hybridized carbons (Fsp3) is 0.462. The molecule has 1 aliphatic heterocycles. The fourth-order valence-electron chi connectivity index (χ4n) is 2.62. The van der Waals surface area contributed by atoms with Gasteiger partial charge in [0.15, 0.2) is 11.5 Å². The highest BCUT2D eigenvalue weighted by molar-refractivity contribution is 5.81. The minimum Gasteiger partial charge on any atom is -0.394 e. The molecule has 0 aliphatic carbocycles. The van der Waals surface area contributed by atoms with Crippen LogP contribution in [0.4, 0.5) is 5.82 Å². The van der Waals surface area contributed by atoms with Crippen molar-refractivity contribution in [1.82, 2.24) is 19.5 Å². The molecule has 7 nitrogen and oxygen atoms in total. The molecule has 20 heavy (non-hydrogen) atoms. The lowest BCUT2D eigenvalue weighted by Crippen LogP contribution is -2.16.